The first-order valence-corrected chi connectivity index (χ1v) is 6.43. The van der Waals surface area contributed by atoms with Gasteiger partial charge in [-0.25, -0.2) is 4.98 Å². The highest BCUT2D eigenvalue weighted by Gasteiger charge is 2.20. The molecule has 5 heteroatoms. The lowest BCUT2D eigenvalue weighted by molar-refractivity contribution is 0.684. The van der Waals surface area contributed by atoms with Crippen LogP contribution >= 0.6 is 0 Å². The molecule has 2 aromatic heterocycles. The Hall–Kier alpha value is -2.04. The van der Waals surface area contributed by atoms with Crippen molar-refractivity contribution >= 4 is 5.82 Å². The molecular formula is C14H21N5. The fourth-order valence-electron chi connectivity index (χ4n) is 2.17. The zero-order chi connectivity index (χ0) is 14.2. The standard InChI is InChI=1S/C14H21N5/c1-6-7-19-13(15)12(17-14(19)9(2)3)11-8-16-18(5)10(11)4/h6,8-9H,1,7,15H2,2-5H3. The Labute approximate surface area is 113 Å². The molecule has 0 unspecified atom stereocenters. The van der Waals surface area contributed by atoms with Gasteiger partial charge in [0.1, 0.15) is 17.3 Å². The van der Waals surface area contributed by atoms with Gasteiger partial charge in [0.05, 0.1) is 6.20 Å². The second-order valence-corrected chi connectivity index (χ2v) is 5.03. The molecule has 0 aliphatic rings. The van der Waals surface area contributed by atoms with Crippen molar-refractivity contribution in [3.63, 3.8) is 0 Å². The topological polar surface area (TPSA) is 61.7 Å². The summed E-state index contributed by atoms with van der Waals surface area (Å²) in [6.07, 6.45) is 3.65. The van der Waals surface area contributed by atoms with E-state index in [4.69, 9.17) is 10.7 Å². The van der Waals surface area contributed by atoms with E-state index in [2.05, 4.69) is 25.5 Å². The second kappa shape index (κ2) is 4.91. The number of nitrogen functional groups attached to an aromatic ring is 1. The number of aromatic nitrogens is 4. The van der Waals surface area contributed by atoms with Gasteiger partial charge in [0.25, 0.3) is 0 Å². The highest BCUT2D eigenvalue weighted by Crippen LogP contribution is 2.31. The molecular weight excluding hydrogens is 238 g/mol. The first-order chi connectivity index (χ1) is 8.97. The third-order valence-electron chi connectivity index (χ3n) is 3.35. The van der Waals surface area contributed by atoms with E-state index in [0.29, 0.717) is 18.3 Å². The molecule has 0 aromatic carbocycles. The summed E-state index contributed by atoms with van der Waals surface area (Å²) in [6.45, 7) is 10.7. The normalized spacial score (nSPS) is 11.2. The molecule has 2 N–H and O–H groups in total. The van der Waals surface area contributed by atoms with Gasteiger partial charge in [0.15, 0.2) is 0 Å². The predicted octanol–water partition coefficient (Wildman–Crippen LogP) is 2.48. The third-order valence-corrected chi connectivity index (χ3v) is 3.35. The molecule has 0 bridgehead atoms. The number of rotatable bonds is 4. The monoisotopic (exact) mass is 259 g/mol. The molecule has 0 saturated carbocycles. The largest absolute Gasteiger partial charge is 0.383 e. The van der Waals surface area contributed by atoms with E-state index in [1.54, 1.807) is 0 Å². The van der Waals surface area contributed by atoms with E-state index in [0.717, 1.165) is 22.8 Å². The number of hydrogen-bond acceptors (Lipinski definition) is 3. The Kier molecular flexibility index (Phi) is 3.46. The summed E-state index contributed by atoms with van der Waals surface area (Å²) in [5.41, 5.74) is 9.12. The van der Waals surface area contributed by atoms with Crippen LogP contribution in [0.15, 0.2) is 18.9 Å². The van der Waals surface area contributed by atoms with Crippen LogP contribution in [0.3, 0.4) is 0 Å². The SMILES string of the molecule is C=CCn1c(C(C)C)nc(-c2cnn(C)c2C)c1N. The van der Waals surface area contributed by atoms with Crippen molar-refractivity contribution in [3.8, 4) is 11.3 Å². The average molecular weight is 259 g/mol. The molecule has 0 aliphatic carbocycles. The summed E-state index contributed by atoms with van der Waals surface area (Å²) < 4.78 is 3.84. The first-order valence-electron chi connectivity index (χ1n) is 6.43. The van der Waals surface area contributed by atoms with E-state index in [1.165, 1.54) is 0 Å². The minimum atomic E-state index is 0.313. The van der Waals surface area contributed by atoms with Crippen molar-refractivity contribution in [2.45, 2.75) is 33.2 Å². The van der Waals surface area contributed by atoms with Crippen LogP contribution in [0.25, 0.3) is 11.3 Å². The minimum Gasteiger partial charge on any atom is -0.383 e. The number of aryl methyl sites for hydroxylation is 1. The van der Waals surface area contributed by atoms with Gasteiger partial charge >= 0.3 is 0 Å². The van der Waals surface area contributed by atoms with Crippen LogP contribution in [0.1, 0.15) is 31.3 Å². The molecule has 0 aliphatic heterocycles. The summed E-state index contributed by atoms with van der Waals surface area (Å²) in [4.78, 5) is 4.71. The summed E-state index contributed by atoms with van der Waals surface area (Å²) in [5.74, 6) is 1.98. The van der Waals surface area contributed by atoms with Gasteiger partial charge in [-0.05, 0) is 6.92 Å². The number of nitrogens with two attached hydrogens (primary N) is 1. The number of allylic oxidation sites excluding steroid dienone is 1. The lowest BCUT2D eigenvalue weighted by Gasteiger charge is -2.09. The summed E-state index contributed by atoms with van der Waals surface area (Å²) in [5, 5.41) is 4.26. The molecule has 5 nitrogen and oxygen atoms in total. The molecule has 19 heavy (non-hydrogen) atoms. The van der Waals surface area contributed by atoms with E-state index < -0.39 is 0 Å². The Bertz CT molecular complexity index is 604. The molecule has 2 heterocycles. The maximum Gasteiger partial charge on any atom is 0.132 e. The quantitative estimate of drug-likeness (QED) is 0.858. The van der Waals surface area contributed by atoms with E-state index >= 15 is 0 Å². The summed E-state index contributed by atoms with van der Waals surface area (Å²) in [6, 6.07) is 0. The smallest absolute Gasteiger partial charge is 0.132 e. The Morgan fingerprint density at radius 1 is 1.47 bits per heavy atom. The number of nitrogens with zero attached hydrogens (tertiary/aromatic N) is 4. The molecule has 0 amide bonds. The fraction of sp³-hybridized carbons (Fsp3) is 0.429. The lowest BCUT2D eigenvalue weighted by Crippen LogP contribution is -2.07. The Balaban J connectivity index is 2.62. The first kappa shape index (κ1) is 13.4. The van der Waals surface area contributed by atoms with E-state index in [1.807, 2.05) is 35.5 Å². The van der Waals surface area contributed by atoms with Gasteiger partial charge in [-0.15, -0.1) is 6.58 Å². The highest BCUT2D eigenvalue weighted by molar-refractivity contribution is 5.72. The number of hydrogen-bond donors (Lipinski definition) is 1. The van der Waals surface area contributed by atoms with Crippen molar-refractivity contribution < 1.29 is 0 Å². The lowest BCUT2D eigenvalue weighted by atomic mass is 10.2. The van der Waals surface area contributed by atoms with Crippen LogP contribution in [0.2, 0.25) is 0 Å². The van der Waals surface area contributed by atoms with Crippen molar-refractivity contribution in [2.75, 3.05) is 5.73 Å². The predicted molar refractivity (Wildman–Crippen MR) is 77.9 cm³/mol. The second-order valence-electron chi connectivity index (χ2n) is 5.03. The van der Waals surface area contributed by atoms with E-state index in [-0.39, 0.29) is 0 Å². The van der Waals surface area contributed by atoms with Crippen LogP contribution in [-0.2, 0) is 13.6 Å². The third kappa shape index (κ3) is 2.16. The van der Waals surface area contributed by atoms with Gasteiger partial charge in [-0.3, -0.25) is 4.68 Å². The van der Waals surface area contributed by atoms with Crippen molar-refractivity contribution in [2.24, 2.45) is 7.05 Å². The summed E-state index contributed by atoms with van der Waals surface area (Å²) in [7, 11) is 1.92. The van der Waals surface area contributed by atoms with E-state index in [9.17, 15) is 0 Å². The van der Waals surface area contributed by atoms with Crippen molar-refractivity contribution in [1.29, 1.82) is 0 Å². The average Bonchev–Trinajstić information content (AvgIpc) is 2.84. The van der Waals surface area contributed by atoms with Gasteiger partial charge in [0, 0.05) is 30.8 Å². The number of imidazole rings is 1. The van der Waals surface area contributed by atoms with Crippen LogP contribution in [0.5, 0.6) is 0 Å². The molecule has 2 aromatic rings. The maximum atomic E-state index is 6.25. The highest BCUT2D eigenvalue weighted by atomic mass is 15.3. The maximum absolute atomic E-state index is 6.25. The molecule has 0 atom stereocenters. The molecule has 2 rings (SSSR count). The van der Waals surface area contributed by atoms with Crippen molar-refractivity contribution in [3.05, 3.63) is 30.4 Å². The minimum absolute atomic E-state index is 0.313. The zero-order valence-corrected chi connectivity index (χ0v) is 12.0. The van der Waals surface area contributed by atoms with Gasteiger partial charge in [-0.2, -0.15) is 5.10 Å². The Morgan fingerprint density at radius 2 is 2.16 bits per heavy atom. The molecule has 0 fully saturated rings. The van der Waals surface area contributed by atoms with Crippen LogP contribution in [0.4, 0.5) is 5.82 Å². The fourth-order valence-corrected chi connectivity index (χ4v) is 2.17. The summed E-state index contributed by atoms with van der Waals surface area (Å²) >= 11 is 0. The Morgan fingerprint density at radius 3 is 2.63 bits per heavy atom. The molecule has 0 radical (unpaired) electrons. The molecule has 102 valence electrons. The van der Waals surface area contributed by atoms with Crippen LogP contribution in [-0.4, -0.2) is 19.3 Å². The van der Waals surface area contributed by atoms with Crippen LogP contribution in [0, 0.1) is 6.92 Å². The van der Waals surface area contributed by atoms with Gasteiger partial charge in [0.2, 0.25) is 0 Å². The molecule has 0 saturated heterocycles. The van der Waals surface area contributed by atoms with Gasteiger partial charge < -0.3 is 10.3 Å². The van der Waals surface area contributed by atoms with Crippen molar-refractivity contribution in [1.82, 2.24) is 19.3 Å². The van der Waals surface area contributed by atoms with Crippen LogP contribution < -0.4 is 5.73 Å². The zero-order valence-electron chi connectivity index (χ0n) is 12.0. The number of anilines is 1. The van der Waals surface area contributed by atoms with Gasteiger partial charge in [-0.1, -0.05) is 19.9 Å². The molecule has 0 spiro atoms.